The highest BCUT2D eigenvalue weighted by atomic mass is 16.2. The minimum Gasteiger partial charge on any atom is -0.352 e. The minimum atomic E-state index is -0.674. The van der Waals surface area contributed by atoms with E-state index in [0.717, 1.165) is 19.4 Å². The molecule has 18 heavy (non-hydrogen) atoms. The van der Waals surface area contributed by atoms with Gasteiger partial charge in [-0.1, -0.05) is 13.8 Å². The first-order chi connectivity index (χ1) is 8.59. The van der Waals surface area contributed by atoms with Gasteiger partial charge in [-0.25, -0.2) is 0 Å². The molecule has 2 fully saturated rings. The predicted molar refractivity (Wildman–Crippen MR) is 73.3 cm³/mol. The van der Waals surface area contributed by atoms with Crippen LogP contribution in [0.15, 0.2) is 0 Å². The van der Waals surface area contributed by atoms with E-state index in [9.17, 15) is 4.79 Å². The van der Waals surface area contributed by atoms with E-state index in [0.29, 0.717) is 24.9 Å². The van der Waals surface area contributed by atoms with Crippen molar-refractivity contribution in [2.75, 3.05) is 13.1 Å². The van der Waals surface area contributed by atoms with E-state index in [1.165, 1.54) is 19.4 Å². The molecule has 2 rings (SSSR count). The second-order valence-corrected chi connectivity index (χ2v) is 5.89. The summed E-state index contributed by atoms with van der Waals surface area (Å²) in [5.41, 5.74) is 5.47. The maximum atomic E-state index is 12.2. The number of rotatable bonds is 4. The number of amides is 1. The monoisotopic (exact) mass is 253 g/mol. The van der Waals surface area contributed by atoms with Crippen LogP contribution in [0.5, 0.6) is 0 Å². The van der Waals surface area contributed by atoms with Crippen molar-refractivity contribution < 1.29 is 4.79 Å². The molecule has 2 atom stereocenters. The number of nitrogens with one attached hydrogen (secondary N) is 1. The van der Waals surface area contributed by atoms with E-state index in [-0.39, 0.29) is 5.91 Å². The van der Waals surface area contributed by atoms with Crippen molar-refractivity contribution in [3.8, 4) is 0 Å². The van der Waals surface area contributed by atoms with E-state index >= 15 is 0 Å². The molecule has 2 aliphatic rings. The lowest BCUT2D eigenvalue weighted by atomic mass is 9.91. The fraction of sp³-hybridized carbons (Fsp3) is 0.929. The van der Waals surface area contributed by atoms with Crippen molar-refractivity contribution in [2.24, 2.45) is 5.73 Å². The van der Waals surface area contributed by atoms with E-state index in [2.05, 4.69) is 10.2 Å². The number of piperidine rings is 1. The van der Waals surface area contributed by atoms with Gasteiger partial charge in [0.05, 0.1) is 5.54 Å². The molecule has 2 saturated heterocycles. The van der Waals surface area contributed by atoms with Crippen molar-refractivity contribution in [1.29, 1.82) is 0 Å². The Morgan fingerprint density at radius 1 is 1.33 bits per heavy atom. The normalized spacial score (nSPS) is 29.1. The van der Waals surface area contributed by atoms with Crippen molar-refractivity contribution in [2.45, 2.75) is 70.0 Å². The standard InChI is InChI=1S/C14H27N3O/c1-3-14(15,4-2)13(18)16-11-7-9-17-8-5-6-12(17)10-11/h11-12H,3-10,15H2,1-2H3,(H,16,18). The van der Waals surface area contributed by atoms with Crippen LogP contribution < -0.4 is 11.1 Å². The zero-order chi connectivity index (χ0) is 13.2. The molecule has 0 aromatic rings. The molecule has 0 aliphatic carbocycles. The third kappa shape index (κ3) is 2.69. The van der Waals surface area contributed by atoms with Gasteiger partial charge in [0.15, 0.2) is 0 Å². The molecule has 2 aliphatic heterocycles. The molecule has 0 aromatic heterocycles. The van der Waals surface area contributed by atoms with Crippen LogP contribution in [0.25, 0.3) is 0 Å². The van der Waals surface area contributed by atoms with Gasteiger partial charge in [0.1, 0.15) is 0 Å². The summed E-state index contributed by atoms with van der Waals surface area (Å²) < 4.78 is 0. The highest BCUT2D eigenvalue weighted by molar-refractivity contribution is 5.86. The average Bonchev–Trinajstić information content (AvgIpc) is 2.85. The minimum absolute atomic E-state index is 0.0453. The molecule has 4 heteroatoms. The fourth-order valence-corrected chi connectivity index (χ4v) is 3.26. The molecule has 0 aromatic carbocycles. The number of hydrogen-bond donors (Lipinski definition) is 2. The van der Waals surface area contributed by atoms with Gasteiger partial charge in [-0.2, -0.15) is 0 Å². The van der Waals surface area contributed by atoms with E-state index < -0.39 is 5.54 Å². The second kappa shape index (κ2) is 5.57. The molecule has 3 N–H and O–H groups in total. The Bertz CT molecular complexity index is 301. The molecular weight excluding hydrogens is 226 g/mol. The number of carbonyl (C=O) groups excluding carboxylic acids is 1. The fourth-order valence-electron chi connectivity index (χ4n) is 3.26. The van der Waals surface area contributed by atoms with Gasteiger partial charge in [0.2, 0.25) is 5.91 Å². The molecule has 2 heterocycles. The molecule has 0 saturated carbocycles. The maximum Gasteiger partial charge on any atom is 0.240 e. The molecule has 1 amide bonds. The molecule has 4 nitrogen and oxygen atoms in total. The smallest absolute Gasteiger partial charge is 0.240 e. The first-order valence-electron chi connectivity index (χ1n) is 7.43. The summed E-state index contributed by atoms with van der Waals surface area (Å²) in [6.45, 7) is 6.35. The molecule has 0 spiro atoms. The first-order valence-corrected chi connectivity index (χ1v) is 7.43. The van der Waals surface area contributed by atoms with Gasteiger partial charge in [0.25, 0.3) is 0 Å². The Morgan fingerprint density at radius 2 is 2.06 bits per heavy atom. The third-order valence-electron chi connectivity index (χ3n) is 4.87. The van der Waals surface area contributed by atoms with Crippen LogP contribution in [0, 0.1) is 0 Å². The van der Waals surface area contributed by atoms with Crippen molar-refractivity contribution >= 4 is 5.91 Å². The summed E-state index contributed by atoms with van der Waals surface area (Å²) in [6.07, 6.45) is 6.20. The van der Waals surface area contributed by atoms with Gasteiger partial charge in [-0.05, 0) is 45.1 Å². The van der Waals surface area contributed by atoms with Gasteiger partial charge in [-0.15, -0.1) is 0 Å². The van der Waals surface area contributed by atoms with Gasteiger partial charge in [-0.3, -0.25) is 4.79 Å². The highest BCUT2D eigenvalue weighted by Gasteiger charge is 2.35. The summed E-state index contributed by atoms with van der Waals surface area (Å²) in [5, 5.41) is 3.18. The van der Waals surface area contributed by atoms with Crippen molar-refractivity contribution in [1.82, 2.24) is 10.2 Å². The van der Waals surface area contributed by atoms with Gasteiger partial charge < -0.3 is 16.0 Å². The summed E-state index contributed by atoms with van der Waals surface area (Å²) in [6, 6.07) is 1.03. The Hall–Kier alpha value is -0.610. The van der Waals surface area contributed by atoms with E-state index in [1.807, 2.05) is 13.8 Å². The highest BCUT2D eigenvalue weighted by Crippen LogP contribution is 2.27. The molecule has 0 radical (unpaired) electrons. The van der Waals surface area contributed by atoms with Crippen LogP contribution in [-0.2, 0) is 4.79 Å². The van der Waals surface area contributed by atoms with Crippen LogP contribution >= 0.6 is 0 Å². The lowest BCUT2D eigenvalue weighted by molar-refractivity contribution is -0.127. The largest absolute Gasteiger partial charge is 0.352 e. The van der Waals surface area contributed by atoms with Gasteiger partial charge in [0, 0.05) is 18.6 Å². The molecule has 104 valence electrons. The van der Waals surface area contributed by atoms with Gasteiger partial charge >= 0.3 is 0 Å². The van der Waals surface area contributed by atoms with Crippen LogP contribution in [0.3, 0.4) is 0 Å². The zero-order valence-corrected chi connectivity index (χ0v) is 11.7. The number of hydrogen-bond acceptors (Lipinski definition) is 3. The Morgan fingerprint density at radius 3 is 2.72 bits per heavy atom. The third-order valence-corrected chi connectivity index (χ3v) is 4.87. The molecule has 2 unspecified atom stereocenters. The van der Waals surface area contributed by atoms with Crippen molar-refractivity contribution in [3.05, 3.63) is 0 Å². The van der Waals surface area contributed by atoms with Crippen molar-refractivity contribution in [3.63, 3.8) is 0 Å². The Labute approximate surface area is 110 Å². The summed E-state index contributed by atoms with van der Waals surface area (Å²) in [5.74, 6) is 0.0453. The SMILES string of the molecule is CCC(N)(CC)C(=O)NC1CCN2CCCC2C1. The number of fused-ring (bicyclic) bond motifs is 1. The maximum absolute atomic E-state index is 12.2. The van der Waals surface area contributed by atoms with E-state index in [4.69, 9.17) is 5.73 Å². The number of nitrogens with zero attached hydrogens (tertiary/aromatic N) is 1. The number of carbonyl (C=O) groups is 1. The summed E-state index contributed by atoms with van der Waals surface area (Å²) in [7, 11) is 0. The second-order valence-electron chi connectivity index (χ2n) is 5.89. The predicted octanol–water partition coefficient (Wildman–Crippen LogP) is 1.25. The molecule has 0 bridgehead atoms. The molecular formula is C14H27N3O. The number of nitrogens with two attached hydrogens (primary N) is 1. The van der Waals surface area contributed by atoms with E-state index in [1.54, 1.807) is 0 Å². The average molecular weight is 253 g/mol. The van der Waals surface area contributed by atoms with Crippen LogP contribution in [0.1, 0.15) is 52.4 Å². The Balaban J connectivity index is 1.88. The summed E-state index contributed by atoms with van der Waals surface area (Å²) >= 11 is 0. The van der Waals surface area contributed by atoms with Crippen LogP contribution in [-0.4, -0.2) is 41.5 Å². The first kappa shape index (κ1) is 13.8. The quantitative estimate of drug-likeness (QED) is 0.792. The van der Waals surface area contributed by atoms with Crippen LogP contribution in [0.4, 0.5) is 0 Å². The lowest BCUT2D eigenvalue weighted by Gasteiger charge is -2.37. The topological polar surface area (TPSA) is 58.4 Å². The Kier molecular flexibility index (Phi) is 4.28. The lowest BCUT2D eigenvalue weighted by Crippen LogP contribution is -2.57. The summed E-state index contributed by atoms with van der Waals surface area (Å²) in [4.78, 5) is 14.8. The van der Waals surface area contributed by atoms with Crippen LogP contribution in [0.2, 0.25) is 0 Å². The zero-order valence-electron chi connectivity index (χ0n) is 11.7.